The molecule has 0 spiro atoms. The van der Waals surface area contributed by atoms with Crippen LogP contribution < -0.4 is 4.90 Å². The number of amides is 1. The van der Waals surface area contributed by atoms with Crippen molar-refractivity contribution in [3.63, 3.8) is 0 Å². The maximum absolute atomic E-state index is 12.4. The van der Waals surface area contributed by atoms with Crippen LogP contribution in [0.4, 0.5) is 10.6 Å². The second-order valence-electron chi connectivity index (χ2n) is 8.58. The molecule has 0 aromatic carbocycles. The van der Waals surface area contributed by atoms with E-state index in [2.05, 4.69) is 26.8 Å². The van der Waals surface area contributed by atoms with Crippen LogP contribution in [0.5, 0.6) is 0 Å². The third-order valence-electron chi connectivity index (χ3n) is 4.91. The summed E-state index contributed by atoms with van der Waals surface area (Å²) in [7, 11) is -3.49. The number of carbonyl (C=O) groups is 1. The van der Waals surface area contributed by atoms with Crippen LogP contribution >= 0.6 is 0 Å². The van der Waals surface area contributed by atoms with Crippen LogP contribution in [0.15, 0.2) is 35.7 Å². The lowest BCUT2D eigenvalue weighted by atomic mass is 10.1. The van der Waals surface area contributed by atoms with Gasteiger partial charge in [-0.05, 0) is 45.4 Å². The topological polar surface area (TPSA) is 106 Å². The lowest BCUT2D eigenvalue weighted by Gasteiger charge is -2.42. The largest absolute Gasteiger partial charge is 0.444 e. The molecule has 3 rings (SSSR count). The van der Waals surface area contributed by atoms with Gasteiger partial charge in [-0.1, -0.05) is 6.92 Å². The number of aromatic nitrogens is 3. The predicted molar refractivity (Wildman–Crippen MR) is 118 cm³/mol. The third kappa shape index (κ3) is 5.69. The summed E-state index contributed by atoms with van der Waals surface area (Å²) in [6, 6.07) is 5.53. The number of carbonyl (C=O) groups excluding carboxylic acids is 1. The van der Waals surface area contributed by atoms with E-state index in [9.17, 15) is 13.2 Å². The zero-order chi connectivity index (χ0) is 22.8. The first-order valence-electron chi connectivity index (χ1n) is 10.2. The lowest BCUT2D eigenvalue weighted by molar-refractivity contribution is 0.0213. The SMILES string of the molecule is CCC1CN(C(=O)OC(C)(C)C)CCN1c1ccc(-c2ccnc(S(C)(=O)=O)n2)cn1. The maximum Gasteiger partial charge on any atom is 0.410 e. The van der Waals surface area contributed by atoms with Crippen molar-refractivity contribution in [2.24, 2.45) is 0 Å². The van der Waals surface area contributed by atoms with E-state index in [1.165, 1.54) is 6.20 Å². The molecular formula is C21H29N5O4S. The molecule has 168 valence electrons. The zero-order valence-electron chi connectivity index (χ0n) is 18.6. The summed E-state index contributed by atoms with van der Waals surface area (Å²) in [5, 5.41) is -0.210. The van der Waals surface area contributed by atoms with Crippen LogP contribution in [0.3, 0.4) is 0 Å². The van der Waals surface area contributed by atoms with Gasteiger partial charge in [0.05, 0.1) is 5.69 Å². The van der Waals surface area contributed by atoms with Gasteiger partial charge in [0.2, 0.25) is 15.0 Å². The summed E-state index contributed by atoms with van der Waals surface area (Å²) in [4.78, 5) is 28.9. The fourth-order valence-electron chi connectivity index (χ4n) is 3.39. The first-order chi connectivity index (χ1) is 14.5. The maximum atomic E-state index is 12.4. The molecule has 1 unspecified atom stereocenters. The molecule has 2 aromatic heterocycles. The van der Waals surface area contributed by atoms with Crippen molar-refractivity contribution in [3.8, 4) is 11.3 Å². The van der Waals surface area contributed by atoms with Gasteiger partial charge in [0.1, 0.15) is 11.4 Å². The first kappa shape index (κ1) is 22.9. The minimum atomic E-state index is -3.49. The van der Waals surface area contributed by atoms with Crippen LogP contribution in [0.25, 0.3) is 11.3 Å². The monoisotopic (exact) mass is 447 g/mol. The van der Waals surface area contributed by atoms with E-state index >= 15 is 0 Å². The third-order valence-corrected chi connectivity index (χ3v) is 5.77. The van der Waals surface area contributed by atoms with Crippen molar-refractivity contribution in [2.45, 2.75) is 50.9 Å². The molecule has 10 heteroatoms. The van der Waals surface area contributed by atoms with Gasteiger partial charge in [0.25, 0.3) is 0 Å². The highest BCUT2D eigenvalue weighted by atomic mass is 32.2. The Hall–Kier alpha value is -2.75. The van der Waals surface area contributed by atoms with Gasteiger partial charge in [0.15, 0.2) is 0 Å². The molecule has 0 aliphatic carbocycles. The number of ether oxygens (including phenoxy) is 1. The standard InChI is InChI=1S/C21H29N5O4S/c1-6-16-14-25(20(27)30-21(2,3)4)11-12-26(16)18-8-7-15(13-23-18)17-9-10-22-19(24-17)31(5,28)29/h7-10,13,16H,6,11-12,14H2,1-5H3. The average Bonchev–Trinajstić information content (AvgIpc) is 2.71. The minimum Gasteiger partial charge on any atom is -0.444 e. The van der Waals surface area contributed by atoms with E-state index in [0.717, 1.165) is 18.5 Å². The van der Waals surface area contributed by atoms with E-state index < -0.39 is 15.4 Å². The van der Waals surface area contributed by atoms with Gasteiger partial charge < -0.3 is 14.5 Å². The highest BCUT2D eigenvalue weighted by molar-refractivity contribution is 7.90. The van der Waals surface area contributed by atoms with E-state index in [4.69, 9.17) is 4.74 Å². The summed E-state index contributed by atoms with van der Waals surface area (Å²) in [6.07, 6.45) is 4.74. The number of anilines is 1. The van der Waals surface area contributed by atoms with Crippen molar-refractivity contribution < 1.29 is 17.9 Å². The molecule has 2 aromatic rings. The minimum absolute atomic E-state index is 0.121. The van der Waals surface area contributed by atoms with E-state index in [1.54, 1.807) is 17.2 Å². The molecule has 1 amide bonds. The van der Waals surface area contributed by atoms with Crippen LogP contribution in [0.2, 0.25) is 0 Å². The number of piperazine rings is 1. The van der Waals surface area contributed by atoms with E-state index in [-0.39, 0.29) is 17.3 Å². The molecule has 1 aliphatic rings. The quantitative estimate of drug-likeness (QED) is 0.659. The van der Waals surface area contributed by atoms with Crippen molar-refractivity contribution in [3.05, 3.63) is 30.6 Å². The fraction of sp³-hybridized carbons (Fsp3) is 0.524. The molecule has 9 nitrogen and oxygen atoms in total. The molecule has 0 N–H and O–H groups in total. The summed E-state index contributed by atoms with van der Waals surface area (Å²) in [5.41, 5.74) is 0.679. The van der Waals surface area contributed by atoms with Gasteiger partial charge in [-0.2, -0.15) is 0 Å². The molecule has 1 atom stereocenters. The molecular weight excluding hydrogens is 418 g/mol. The van der Waals surface area contributed by atoms with Crippen LogP contribution in [0, 0.1) is 0 Å². The van der Waals surface area contributed by atoms with Crippen LogP contribution in [-0.4, -0.2) is 71.9 Å². The molecule has 1 fully saturated rings. The lowest BCUT2D eigenvalue weighted by Crippen LogP contribution is -2.55. The number of hydrogen-bond acceptors (Lipinski definition) is 8. The van der Waals surface area contributed by atoms with Crippen molar-refractivity contribution in [1.29, 1.82) is 0 Å². The normalized spacial score (nSPS) is 17.5. The Kier molecular flexibility index (Phi) is 6.49. The number of pyridine rings is 1. The second-order valence-corrected chi connectivity index (χ2v) is 10.5. The number of hydrogen-bond donors (Lipinski definition) is 0. The molecule has 31 heavy (non-hydrogen) atoms. The number of rotatable bonds is 4. The Morgan fingerprint density at radius 2 is 1.94 bits per heavy atom. The molecule has 1 aliphatic heterocycles. The fourth-order valence-corrected chi connectivity index (χ4v) is 3.90. The number of nitrogens with zero attached hydrogens (tertiary/aromatic N) is 5. The summed E-state index contributed by atoms with van der Waals surface area (Å²) in [5.74, 6) is 0.803. The molecule has 0 saturated carbocycles. The summed E-state index contributed by atoms with van der Waals surface area (Å²) in [6.45, 7) is 9.44. The van der Waals surface area contributed by atoms with Crippen molar-refractivity contribution >= 4 is 21.7 Å². The molecule has 1 saturated heterocycles. The number of sulfone groups is 1. The Morgan fingerprint density at radius 1 is 1.19 bits per heavy atom. The van der Waals surface area contributed by atoms with Gasteiger partial charge in [0, 0.05) is 49.9 Å². The van der Waals surface area contributed by atoms with E-state index in [1.807, 2.05) is 32.9 Å². The van der Waals surface area contributed by atoms with Crippen LogP contribution in [-0.2, 0) is 14.6 Å². The van der Waals surface area contributed by atoms with Gasteiger partial charge >= 0.3 is 6.09 Å². The summed E-state index contributed by atoms with van der Waals surface area (Å²) < 4.78 is 28.9. The highest BCUT2D eigenvalue weighted by Gasteiger charge is 2.31. The summed E-state index contributed by atoms with van der Waals surface area (Å²) >= 11 is 0. The van der Waals surface area contributed by atoms with Crippen molar-refractivity contribution in [2.75, 3.05) is 30.8 Å². The Morgan fingerprint density at radius 3 is 2.52 bits per heavy atom. The molecule has 0 radical (unpaired) electrons. The zero-order valence-corrected chi connectivity index (χ0v) is 19.4. The average molecular weight is 448 g/mol. The van der Waals surface area contributed by atoms with E-state index in [0.29, 0.717) is 30.9 Å². The van der Waals surface area contributed by atoms with Gasteiger partial charge in [-0.3, -0.25) is 0 Å². The Balaban J connectivity index is 1.75. The van der Waals surface area contributed by atoms with Gasteiger partial charge in [-0.15, -0.1) is 0 Å². The van der Waals surface area contributed by atoms with Crippen LogP contribution in [0.1, 0.15) is 34.1 Å². The highest BCUT2D eigenvalue weighted by Crippen LogP contribution is 2.24. The Labute approximate surface area is 183 Å². The molecule has 3 heterocycles. The smallest absolute Gasteiger partial charge is 0.410 e. The first-order valence-corrected chi connectivity index (χ1v) is 12.1. The predicted octanol–water partition coefficient (Wildman–Crippen LogP) is 2.78. The van der Waals surface area contributed by atoms with Gasteiger partial charge in [-0.25, -0.2) is 28.2 Å². The second kappa shape index (κ2) is 8.78. The molecule has 0 bridgehead atoms. The Bertz CT molecular complexity index is 1030. The van der Waals surface area contributed by atoms with Crippen molar-refractivity contribution in [1.82, 2.24) is 19.9 Å².